The number of halogens is 1. The van der Waals surface area contributed by atoms with Gasteiger partial charge >= 0.3 is 0 Å². The third-order valence-corrected chi connectivity index (χ3v) is 2.37. The maximum atomic E-state index is 13.0. The molecule has 0 radical (unpaired) electrons. The maximum absolute atomic E-state index is 13.0. The second kappa shape index (κ2) is 4.90. The van der Waals surface area contributed by atoms with Gasteiger partial charge in [-0.15, -0.1) is 0 Å². The van der Waals surface area contributed by atoms with Gasteiger partial charge in [0.25, 0.3) is 0 Å². The van der Waals surface area contributed by atoms with Crippen LogP contribution in [0.2, 0.25) is 0 Å². The molecule has 2 aromatic rings. The van der Waals surface area contributed by atoms with Crippen LogP contribution in [0.15, 0.2) is 36.8 Å². The van der Waals surface area contributed by atoms with E-state index in [4.69, 9.17) is 5.73 Å². The number of hydrogen-bond acceptors (Lipinski definition) is 2. The van der Waals surface area contributed by atoms with Crippen LogP contribution < -0.4 is 5.73 Å². The van der Waals surface area contributed by atoms with E-state index in [-0.39, 0.29) is 5.82 Å². The van der Waals surface area contributed by atoms with Gasteiger partial charge in [0.05, 0.1) is 12.0 Å². The average Bonchev–Trinajstić information content (AvgIpc) is 2.75. The first-order valence-corrected chi connectivity index (χ1v) is 5.27. The van der Waals surface area contributed by atoms with Crippen molar-refractivity contribution in [2.75, 3.05) is 6.54 Å². The minimum Gasteiger partial charge on any atom is -0.337 e. The molecule has 84 valence electrons. The summed E-state index contributed by atoms with van der Waals surface area (Å²) in [5, 5.41) is 0. The molecule has 1 aromatic heterocycles. The van der Waals surface area contributed by atoms with Crippen LogP contribution in [0, 0.1) is 5.82 Å². The largest absolute Gasteiger partial charge is 0.337 e. The van der Waals surface area contributed by atoms with Crippen LogP contribution in [-0.2, 0) is 6.54 Å². The lowest BCUT2D eigenvalue weighted by molar-refractivity contribution is 0.628. The summed E-state index contributed by atoms with van der Waals surface area (Å²) in [7, 11) is 0. The molecule has 0 saturated heterocycles. The molecule has 16 heavy (non-hydrogen) atoms. The Balaban J connectivity index is 2.18. The van der Waals surface area contributed by atoms with E-state index in [0.717, 1.165) is 24.2 Å². The van der Waals surface area contributed by atoms with Gasteiger partial charge < -0.3 is 10.3 Å². The Morgan fingerprint density at radius 2 is 2.25 bits per heavy atom. The Kier molecular flexibility index (Phi) is 3.31. The van der Waals surface area contributed by atoms with E-state index < -0.39 is 0 Å². The van der Waals surface area contributed by atoms with E-state index in [1.807, 2.05) is 16.8 Å². The Bertz CT molecular complexity index is 465. The standard InChI is InChI=1S/C12H14FN3/c13-11-4-1-3-10(7-11)12-8-16(9-15-12)6-2-5-14/h1,3-4,7-9H,2,5-6,14H2. The number of hydrogen-bond donors (Lipinski definition) is 1. The Hall–Kier alpha value is -1.68. The van der Waals surface area contributed by atoms with Gasteiger partial charge in [-0.1, -0.05) is 12.1 Å². The second-order valence-electron chi connectivity index (χ2n) is 3.65. The lowest BCUT2D eigenvalue weighted by atomic mass is 10.2. The third kappa shape index (κ3) is 2.46. The highest BCUT2D eigenvalue weighted by molar-refractivity contribution is 5.57. The predicted molar refractivity (Wildman–Crippen MR) is 61.3 cm³/mol. The average molecular weight is 219 g/mol. The van der Waals surface area contributed by atoms with Crippen LogP contribution >= 0.6 is 0 Å². The molecular weight excluding hydrogens is 205 g/mol. The zero-order chi connectivity index (χ0) is 11.4. The highest BCUT2D eigenvalue weighted by Gasteiger charge is 2.02. The molecule has 0 spiro atoms. The first-order chi connectivity index (χ1) is 7.79. The maximum Gasteiger partial charge on any atom is 0.123 e. The summed E-state index contributed by atoms with van der Waals surface area (Å²) < 4.78 is 15.0. The van der Waals surface area contributed by atoms with Crippen LogP contribution in [0.4, 0.5) is 4.39 Å². The first kappa shape index (κ1) is 10.8. The molecule has 0 aliphatic carbocycles. The SMILES string of the molecule is NCCCn1cnc(-c2cccc(F)c2)c1. The normalized spacial score (nSPS) is 10.6. The summed E-state index contributed by atoms with van der Waals surface area (Å²) >= 11 is 0. The van der Waals surface area contributed by atoms with Crippen molar-refractivity contribution in [1.29, 1.82) is 0 Å². The number of nitrogens with two attached hydrogens (primary N) is 1. The molecule has 0 fully saturated rings. The fourth-order valence-corrected chi connectivity index (χ4v) is 1.55. The Labute approximate surface area is 93.7 Å². The third-order valence-electron chi connectivity index (χ3n) is 2.37. The number of aromatic nitrogens is 2. The monoisotopic (exact) mass is 219 g/mol. The zero-order valence-electron chi connectivity index (χ0n) is 8.94. The van der Waals surface area contributed by atoms with E-state index in [1.54, 1.807) is 12.4 Å². The van der Waals surface area contributed by atoms with Crippen LogP contribution in [0.25, 0.3) is 11.3 Å². The molecule has 0 unspecified atom stereocenters. The van der Waals surface area contributed by atoms with E-state index >= 15 is 0 Å². The molecule has 2 rings (SSSR count). The minimum absolute atomic E-state index is 0.242. The number of rotatable bonds is 4. The molecule has 0 saturated carbocycles. The molecule has 1 heterocycles. The van der Waals surface area contributed by atoms with Crippen molar-refractivity contribution in [3.8, 4) is 11.3 Å². The summed E-state index contributed by atoms with van der Waals surface area (Å²) in [6.45, 7) is 1.51. The summed E-state index contributed by atoms with van der Waals surface area (Å²) in [4.78, 5) is 4.24. The van der Waals surface area contributed by atoms with Crippen molar-refractivity contribution in [3.05, 3.63) is 42.6 Å². The Morgan fingerprint density at radius 3 is 3.00 bits per heavy atom. The number of nitrogens with zero attached hydrogens (tertiary/aromatic N) is 2. The second-order valence-corrected chi connectivity index (χ2v) is 3.65. The lowest BCUT2D eigenvalue weighted by Gasteiger charge is -1.98. The molecule has 2 N–H and O–H groups in total. The van der Waals surface area contributed by atoms with Crippen LogP contribution in [0.5, 0.6) is 0 Å². The summed E-state index contributed by atoms with van der Waals surface area (Å²) in [6, 6.07) is 6.44. The van der Waals surface area contributed by atoms with Gasteiger partial charge in [-0.3, -0.25) is 0 Å². The number of imidazole rings is 1. The van der Waals surface area contributed by atoms with Crippen molar-refractivity contribution in [1.82, 2.24) is 9.55 Å². The highest BCUT2D eigenvalue weighted by atomic mass is 19.1. The fourth-order valence-electron chi connectivity index (χ4n) is 1.55. The predicted octanol–water partition coefficient (Wildman–Crippen LogP) is 2.04. The van der Waals surface area contributed by atoms with Gasteiger partial charge in [-0.05, 0) is 25.1 Å². The van der Waals surface area contributed by atoms with E-state index in [2.05, 4.69) is 4.98 Å². The van der Waals surface area contributed by atoms with Crippen molar-refractivity contribution >= 4 is 0 Å². The van der Waals surface area contributed by atoms with Gasteiger partial charge in [0.2, 0.25) is 0 Å². The molecule has 4 heteroatoms. The summed E-state index contributed by atoms with van der Waals surface area (Å²) in [5.74, 6) is -0.242. The lowest BCUT2D eigenvalue weighted by Crippen LogP contribution is -2.03. The van der Waals surface area contributed by atoms with Gasteiger partial charge in [-0.25, -0.2) is 9.37 Å². The minimum atomic E-state index is -0.242. The van der Waals surface area contributed by atoms with Crippen molar-refractivity contribution in [2.45, 2.75) is 13.0 Å². The first-order valence-electron chi connectivity index (χ1n) is 5.27. The summed E-state index contributed by atoms with van der Waals surface area (Å²) in [6.07, 6.45) is 4.57. The van der Waals surface area contributed by atoms with E-state index in [0.29, 0.717) is 6.54 Å². The smallest absolute Gasteiger partial charge is 0.123 e. The fraction of sp³-hybridized carbons (Fsp3) is 0.250. The molecule has 1 aromatic carbocycles. The zero-order valence-corrected chi connectivity index (χ0v) is 8.94. The van der Waals surface area contributed by atoms with Gasteiger partial charge in [0.1, 0.15) is 5.82 Å². The highest BCUT2D eigenvalue weighted by Crippen LogP contribution is 2.17. The van der Waals surface area contributed by atoms with Gasteiger partial charge in [0, 0.05) is 18.3 Å². The van der Waals surface area contributed by atoms with Crippen LogP contribution in [0.1, 0.15) is 6.42 Å². The molecule has 3 nitrogen and oxygen atoms in total. The Morgan fingerprint density at radius 1 is 1.38 bits per heavy atom. The van der Waals surface area contributed by atoms with E-state index in [1.165, 1.54) is 12.1 Å². The summed E-state index contributed by atoms with van der Waals surface area (Å²) in [5.41, 5.74) is 7.02. The van der Waals surface area contributed by atoms with Crippen molar-refractivity contribution in [3.63, 3.8) is 0 Å². The van der Waals surface area contributed by atoms with Gasteiger partial charge in [-0.2, -0.15) is 0 Å². The molecular formula is C12H14FN3. The molecule has 0 bridgehead atoms. The molecule has 0 atom stereocenters. The molecule has 0 amide bonds. The number of benzene rings is 1. The molecule has 0 aliphatic heterocycles. The topological polar surface area (TPSA) is 43.8 Å². The van der Waals surface area contributed by atoms with Crippen molar-refractivity contribution < 1.29 is 4.39 Å². The van der Waals surface area contributed by atoms with Crippen LogP contribution in [0.3, 0.4) is 0 Å². The van der Waals surface area contributed by atoms with Crippen molar-refractivity contribution in [2.24, 2.45) is 5.73 Å². The van der Waals surface area contributed by atoms with Crippen LogP contribution in [-0.4, -0.2) is 16.1 Å². The van der Waals surface area contributed by atoms with E-state index in [9.17, 15) is 4.39 Å². The van der Waals surface area contributed by atoms with Gasteiger partial charge in [0.15, 0.2) is 0 Å². The number of aryl methyl sites for hydroxylation is 1. The molecule has 0 aliphatic rings. The quantitative estimate of drug-likeness (QED) is 0.855.